The maximum absolute atomic E-state index is 12.5. The number of carbonyl (C=O) groups is 1. The van der Waals surface area contributed by atoms with E-state index in [0.29, 0.717) is 11.6 Å². The predicted octanol–water partition coefficient (Wildman–Crippen LogP) is 3.55. The number of hydrogen-bond acceptors (Lipinski definition) is 6. The summed E-state index contributed by atoms with van der Waals surface area (Å²) in [5.41, 5.74) is 5.19. The number of fused-ring (bicyclic) bond motifs is 2. The number of aryl methyl sites for hydroxylation is 2. The molecule has 0 saturated heterocycles. The molecule has 0 atom stereocenters. The molecule has 4 heterocycles. The van der Waals surface area contributed by atoms with Crippen molar-refractivity contribution in [2.75, 3.05) is 16.8 Å². The molecule has 0 aliphatic carbocycles. The Bertz CT molecular complexity index is 1230. The highest BCUT2D eigenvalue weighted by Gasteiger charge is 2.17. The largest absolute Gasteiger partial charge is 0.367 e. The van der Waals surface area contributed by atoms with E-state index in [2.05, 4.69) is 48.9 Å². The van der Waals surface area contributed by atoms with Crippen LogP contribution in [0.5, 0.6) is 0 Å². The molecule has 152 valence electrons. The van der Waals surface area contributed by atoms with Gasteiger partial charge in [0, 0.05) is 40.7 Å². The second-order valence-electron chi connectivity index (χ2n) is 7.59. The molecule has 30 heavy (non-hydrogen) atoms. The quantitative estimate of drug-likeness (QED) is 0.549. The van der Waals surface area contributed by atoms with E-state index in [1.807, 2.05) is 43.4 Å². The predicted molar refractivity (Wildman–Crippen MR) is 118 cm³/mol. The molecule has 3 aromatic heterocycles. The number of benzene rings is 1. The van der Waals surface area contributed by atoms with Gasteiger partial charge < -0.3 is 10.2 Å². The van der Waals surface area contributed by atoms with Gasteiger partial charge in [-0.15, -0.1) is 16.4 Å². The van der Waals surface area contributed by atoms with Crippen molar-refractivity contribution in [3.63, 3.8) is 0 Å². The van der Waals surface area contributed by atoms with E-state index in [1.54, 1.807) is 4.52 Å². The first-order valence-electron chi connectivity index (χ1n) is 9.95. The van der Waals surface area contributed by atoms with Gasteiger partial charge in [-0.1, -0.05) is 0 Å². The molecule has 4 aromatic rings. The summed E-state index contributed by atoms with van der Waals surface area (Å²) in [4.78, 5) is 25.1. The molecule has 7 nitrogen and oxygen atoms in total. The Morgan fingerprint density at radius 1 is 1.17 bits per heavy atom. The molecule has 1 aliphatic heterocycles. The van der Waals surface area contributed by atoms with Gasteiger partial charge in [0.1, 0.15) is 0 Å². The minimum absolute atomic E-state index is 0.108. The van der Waals surface area contributed by atoms with Crippen LogP contribution in [0.2, 0.25) is 0 Å². The van der Waals surface area contributed by atoms with E-state index < -0.39 is 0 Å². The number of thiophene rings is 1. The lowest BCUT2D eigenvalue weighted by Gasteiger charge is -2.29. The molecular weight excluding hydrogens is 396 g/mol. The maximum Gasteiger partial charge on any atom is 0.252 e. The first-order valence-corrected chi connectivity index (χ1v) is 10.8. The first-order chi connectivity index (χ1) is 14.5. The molecule has 0 spiro atoms. The maximum atomic E-state index is 12.5. The lowest BCUT2D eigenvalue weighted by molar-refractivity contribution is -0.115. The molecule has 1 N–H and O–H groups in total. The summed E-state index contributed by atoms with van der Waals surface area (Å²) in [7, 11) is 0. The van der Waals surface area contributed by atoms with Crippen molar-refractivity contribution in [2.45, 2.75) is 33.2 Å². The van der Waals surface area contributed by atoms with E-state index in [9.17, 15) is 4.79 Å². The van der Waals surface area contributed by atoms with Gasteiger partial charge in [-0.25, -0.2) is 9.50 Å². The van der Waals surface area contributed by atoms with Crippen LogP contribution in [0.15, 0.2) is 41.8 Å². The summed E-state index contributed by atoms with van der Waals surface area (Å²) in [5.74, 6) is 0.842. The van der Waals surface area contributed by atoms with E-state index in [1.165, 1.54) is 16.1 Å². The number of hydrogen-bond donors (Lipinski definition) is 1. The fourth-order valence-corrected chi connectivity index (χ4v) is 4.75. The molecule has 0 fully saturated rings. The van der Waals surface area contributed by atoms with Crippen LogP contribution in [-0.4, -0.2) is 32.0 Å². The molecule has 0 radical (unpaired) electrons. The Balaban J connectivity index is 1.24. The SMILES string of the molecule is Cc1cc(C)n2nc(CC(=O)Nc3ccc(N4CCc5sccc5C4)cc3)nc2n1. The highest BCUT2D eigenvalue weighted by molar-refractivity contribution is 7.10. The molecule has 0 unspecified atom stereocenters. The van der Waals surface area contributed by atoms with Crippen molar-refractivity contribution in [3.05, 3.63) is 69.4 Å². The van der Waals surface area contributed by atoms with E-state index in [-0.39, 0.29) is 12.3 Å². The number of rotatable bonds is 4. The summed E-state index contributed by atoms with van der Waals surface area (Å²) in [5, 5.41) is 9.51. The third kappa shape index (κ3) is 3.66. The fraction of sp³-hybridized carbons (Fsp3) is 0.273. The molecule has 1 amide bonds. The second-order valence-corrected chi connectivity index (χ2v) is 8.59. The summed E-state index contributed by atoms with van der Waals surface area (Å²) in [6.45, 7) is 5.83. The minimum atomic E-state index is -0.145. The Hall–Kier alpha value is -3.26. The van der Waals surface area contributed by atoms with Crippen molar-refractivity contribution < 1.29 is 4.79 Å². The van der Waals surface area contributed by atoms with Gasteiger partial charge in [-0.3, -0.25) is 4.79 Å². The second kappa shape index (κ2) is 7.53. The number of anilines is 2. The number of amides is 1. The number of carbonyl (C=O) groups excluding carboxylic acids is 1. The molecule has 0 bridgehead atoms. The van der Waals surface area contributed by atoms with Crippen LogP contribution in [-0.2, 0) is 24.2 Å². The van der Waals surface area contributed by atoms with E-state index in [4.69, 9.17) is 0 Å². The van der Waals surface area contributed by atoms with E-state index >= 15 is 0 Å². The van der Waals surface area contributed by atoms with E-state index in [0.717, 1.165) is 36.6 Å². The van der Waals surface area contributed by atoms with Crippen molar-refractivity contribution >= 4 is 34.4 Å². The average molecular weight is 419 g/mol. The highest BCUT2D eigenvalue weighted by Crippen LogP contribution is 2.28. The van der Waals surface area contributed by atoms with Crippen LogP contribution in [0.4, 0.5) is 11.4 Å². The van der Waals surface area contributed by atoms with Crippen molar-refractivity contribution in [2.24, 2.45) is 0 Å². The van der Waals surface area contributed by atoms with Crippen LogP contribution in [0.3, 0.4) is 0 Å². The third-order valence-corrected chi connectivity index (χ3v) is 6.33. The Labute approximate surface area is 178 Å². The van der Waals surface area contributed by atoms with Crippen LogP contribution in [0, 0.1) is 13.8 Å². The van der Waals surface area contributed by atoms with Gasteiger partial charge in [0.2, 0.25) is 5.91 Å². The highest BCUT2D eigenvalue weighted by atomic mass is 32.1. The van der Waals surface area contributed by atoms with Gasteiger partial charge in [0.15, 0.2) is 5.82 Å². The third-order valence-electron chi connectivity index (χ3n) is 5.30. The normalized spacial score (nSPS) is 13.5. The van der Waals surface area contributed by atoms with Gasteiger partial charge in [-0.2, -0.15) is 4.98 Å². The van der Waals surface area contributed by atoms with Gasteiger partial charge in [0.25, 0.3) is 5.78 Å². The summed E-state index contributed by atoms with van der Waals surface area (Å²) in [6, 6.07) is 12.2. The smallest absolute Gasteiger partial charge is 0.252 e. The van der Waals surface area contributed by atoms with Crippen LogP contribution >= 0.6 is 11.3 Å². The fourth-order valence-electron chi connectivity index (χ4n) is 3.86. The molecular formula is C22H22N6OS. The Morgan fingerprint density at radius 3 is 2.83 bits per heavy atom. The van der Waals surface area contributed by atoms with Crippen LogP contribution < -0.4 is 10.2 Å². The molecule has 1 aromatic carbocycles. The van der Waals surface area contributed by atoms with Crippen molar-refractivity contribution in [1.29, 1.82) is 0 Å². The number of nitrogens with one attached hydrogen (secondary N) is 1. The summed E-state index contributed by atoms with van der Waals surface area (Å²) < 4.78 is 1.67. The van der Waals surface area contributed by atoms with Gasteiger partial charge in [-0.05, 0) is 67.6 Å². The summed E-state index contributed by atoms with van der Waals surface area (Å²) >= 11 is 1.85. The monoisotopic (exact) mass is 418 g/mol. The molecule has 0 saturated carbocycles. The lowest BCUT2D eigenvalue weighted by Crippen LogP contribution is -2.29. The Kier molecular flexibility index (Phi) is 4.71. The molecule has 8 heteroatoms. The first kappa shape index (κ1) is 18.7. The van der Waals surface area contributed by atoms with Crippen LogP contribution in [0.1, 0.15) is 27.7 Å². The van der Waals surface area contributed by atoms with Crippen molar-refractivity contribution in [1.82, 2.24) is 19.6 Å². The average Bonchev–Trinajstić information content (AvgIpc) is 3.34. The lowest BCUT2D eigenvalue weighted by atomic mass is 10.1. The molecule has 1 aliphatic rings. The number of aromatic nitrogens is 4. The van der Waals surface area contributed by atoms with Gasteiger partial charge in [0.05, 0.1) is 6.42 Å². The zero-order valence-electron chi connectivity index (χ0n) is 16.9. The number of nitrogens with zero attached hydrogens (tertiary/aromatic N) is 5. The summed E-state index contributed by atoms with van der Waals surface area (Å²) in [6.07, 6.45) is 1.20. The minimum Gasteiger partial charge on any atom is -0.367 e. The topological polar surface area (TPSA) is 75.4 Å². The van der Waals surface area contributed by atoms with Crippen LogP contribution in [0.25, 0.3) is 5.78 Å². The Morgan fingerprint density at radius 2 is 2.00 bits per heavy atom. The van der Waals surface area contributed by atoms with Crippen molar-refractivity contribution in [3.8, 4) is 0 Å². The molecule has 5 rings (SSSR count). The zero-order chi connectivity index (χ0) is 20.7. The van der Waals surface area contributed by atoms with Gasteiger partial charge >= 0.3 is 0 Å². The zero-order valence-corrected chi connectivity index (χ0v) is 17.7. The standard InChI is InChI=1S/C22H22N6OS/c1-14-11-15(2)28-22(23-14)25-20(26-28)12-21(29)24-17-3-5-18(6-4-17)27-9-7-19-16(13-27)8-10-30-19/h3-6,8,10-11H,7,9,12-13H2,1-2H3,(H,24,29).